The molecule has 1 saturated carbocycles. The topological polar surface area (TPSA) is 83.4 Å². The van der Waals surface area contributed by atoms with Gasteiger partial charge in [0.05, 0.1) is 11.6 Å². The van der Waals surface area contributed by atoms with Gasteiger partial charge >= 0.3 is 0 Å². The Kier molecular flexibility index (Phi) is 3.73. The first-order chi connectivity index (χ1) is 11.6. The first-order valence-corrected chi connectivity index (χ1v) is 9.07. The Morgan fingerprint density at radius 1 is 1.29 bits per heavy atom. The second-order valence-corrected chi connectivity index (χ2v) is 7.48. The summed E-state index contributed by atoms with van der Waals surface area (Å²) in [5.41, 5.74) is 2.42. The van der Waals surface area contributed by atoms with Crippen molar-refractivity contribution < 1.29 is 14.7 Å². The maximum absolute atomic E-state index is 12.7. The van der Waals surface area contributed by atoms with Crippen LogP contribution in [0.1, 0.15) is 24.4 Å². The number of hydrogen-bond acceptors (Lipinski definition) is 6. The minimum atomic E-state index is -0.674. The Morgan fingerprint density at radius 3 is 2.58 bits per heavy atom. The van der Waals surface area contributed by atoms with Crippen molar-refractivity contribution in [1.29, 1.82) is 0 Å². The lowest BCUT2D eigenvalue weighted by atomic mass is 9.94. The normalized spacial score (nSPS) is 20.8. The molecule has 2 aromatic rings. The van der Waals surface area contributed by atoms with Crippen LogP contribution in [0.4, 0.5) is 5.13 Å². The molecule has 1 aliphatic heterocycles. The first-order valence-electron chi connectivity index (χ1n) is 7.40. The molecule has 6 nitrogen and oxygen atoms in total. The lowest BCUT2D eigenvalue weighted by Crippen LogP contribution is -2.31. The number of rotatable bonds is 4. The highest BCUT2D eigenvalue weighted by Crippen LogP contribution is 2.45. The van der Waals surface area contributed by atoms with Crippen LogP contribution in [0.25, 0.3) is 0 Å². The van der Waals surface area contributed by atoms with Crippen molar-refractivity contribution in [1.82, 2.24) is 10.2 Å². The van der Waals surface area contributed by atoms with Crippen molar-refractivity contribution in [3.05, 3.63) is 51.1 Å². The van der Waals surface area contributed by atoms with Crippen molar-refractivity contribution in [2.45, 2.75) is 18.9 Å². The number of amides is 1. The number of ketones is 1. The molecule has 24 heavy (non-hydrogen) atoms. The maximum atomic E-state index is 12.7. The van der Waals surface area contributed by atoms with Gasteiger partial charge in [0, 0.05) is 10.4 Å². The van der Waals surface area contributed by atoms with Gasteiger partial charge in [-0.3, -0.25) is 14.5 Å². The molecule has 0 bridgehead atoms. The standard InChI is InChI=1S/C16H12BrN3O3S/c17-10-5-3-8(4-6-10)12-11(13(21)9-1-2-9)14(22)15(23)20(12)16-19-18-7-24-16/h3-7,9,12,22H,1-2H2. The van der Waals surface area contributed by atoms with E-state index in [1.165, 1.54) is 21.7 Å². The summed E-state index contributed by atoms with van der Waals surface area (Å²) in [5.74, 6) is -1.33. The van der Waals surface area contributed by atoms with E-state index in [0.29, 0.717) is 5.13 Å². The predicted molar refractivity (Wildman–Crippen MR) is 91.7 cm³/mol. The summed E-state index contributed by atoms with van der Waals surface area (Å²) in [6.07, 6.45) is 1.60. The number of benzene rings is 1. The third-order valence-corrected chi connectivity index (χ3v) is 5.38. The van der Waals surface area contributed by atoms with Gasteiger partial charge in [-0.05, 0) is 30.5 Å². The smallest absolute Gasteiger partial charge is 0.296 e. The molecule has 1 N–H and O–H groups in total. The van der Waals surface area contributed by atoms with Crippen molar-refractivity contribution in [3.8, 4) is 0 Å². The number of anilines is 1. The lowest BCUT2D eigenvalue weighted by molar-refractivity contribution is -0.118. The van der Waals surface area contributed by atoms with Crippen LogP contribution in [-0.2, 0) is 9.59 Å². The van der Waals surface area contributed by atoms with Crippen LogP contribution in [0.5, 0.6) is 0 Å². The summed E-state index contributed by atoms with van der Waals surface area (Å²) in [4.78, 5) is 26.7. The minimum absolute atomic E-state index is 0.0951. The molecule has 4 rings (SSSR count). The predicted octanol–water partition coefficient (Wildman–Crippen LogP) is 3.18. The summed E-state index contributed by atoms with van der Waals surface area (Å²) in [7, 11) is 0. The second kappa shape index (κ2) is 5.78. The molecule has 1 unspecified atom stereocenters. The van der Waals surface area contributed by atoms with Gasteiger partial charge in [0.15, 0.2) is 11.5 Å². The summed E-state index contributed by atoms with van der Waals surface area (Å²) >= 11 is 4.57. The molecule has 1 atom stereocenters. The monoisotopic (exact) mass is 405 g/mol. The van der Waals surface area contributed by atoms with E-state index in [2.05, 4.69) is 26.1 Å². The molecule has 0 radical (unpaired) electrons. The van der Waals surface area contributed by atoms with Gasteiger partial charge in [-0.1, -0.05) is 39.4 Å². The van der Waals surface area contributed by atoms with E-state index in [-0.39, 0.29) is 17.3 Å². The summed E-state index contributed by atoms with van der Waals surface area (Å²) in [5, 5.41) is 18.4. The van der Waals surface area contributed by atoms with E-state index >= 15 is 0 Å². The van der Waals surface area contributed by atoms with Gasteiger partial charge in [-0.15, -0.1) is 10.2 Å². The minimum Gasteiger partial charge on any atom is -0.503 e. The molecule has 122 valence electrons. The number of carbonyl (C=O) groups excluding carboxylic acids is 2. The largest absolute Gasteiger partial charge is 0.503 e. The molecule has 1 aromatic heterocycles. The van der Waals surface area contributed by atoms with E-state index in [1.807, 2.05) is 24.3 Å². The molecule has 1 aromatic carbocycles. The van der Waals surface area contributed by atoms with Gasteiger partial charge in [0.1, 0.15) is 5.51 Å². The highest BCUT2D eigenvalue weighted by atomic mass is 79.9. The number of carbonyl (C=O) groups is 2. The van der Waals surface area contributed by atoms with Crippen LogP contribution in [0.15, 0.2) is 45.6 Å². The van der Waals surface area contributed by atoms with Crippen molar-refractivity contribution in [2.24, 2.45) is 5.92 Å². The van der Waals surface area contributed by atoms with Gasteiger partial charge in [-0.25, -0.2) is 0 Å². The molecule has 0 saturated heterocycles. The van der Waals surface area contributed by atoms with Gasteiger partial charge in [0.2, 0.25) is 5.13 Å². The molecule has 1 aliphatic carbocycles. The van der Waals surface area contributed by atoms with Gasteiger partial charge < -0.3 is 5.11 Å². The lowest BCUT2D eigenvalue weighted by Gasteiger charge is -2.24. The number of hydrogen-bond donors (Lipinski definition) is 1. The van der Waals surface area contributed by atoms with E-state index < -0.39 is 17.7 Å². The number of Topliss-reactive ketones (excluding diaryl/α,β-unsaturated/α-hetero) is 1. The molecular formula is C16H12BrN3O3S. The maximum Gasteiger partial charge on any atom is 0.296 e. The summed E-state index contributed by atoms with van der Waals surface area (Å²) in [6, 6.07) is 6.66. The van der Waals surface area contributed by atoms with Crippen LogP contribution < -0.4 is 4.90 Å². The van der Waals surface area contributed by atoms with Crippen LogP contribution in [0.3, 0.4) is 0 Å². The zero-order valence-electron chi connectivity index (χ0n) is 12.3. The molecular weight excluding hydrogens is 394 g/mol. The van der Waals surface area contributed by atoms with Gasteiger partial charge in [-0.2, -0.15) is 0 Å². The number of aliphatic hydroxyl groups excluding tert-OH is 1. The highest BCUT2D eigenvalue weighted by molar-refractivity contribution is 9.10. The van der Waals surface area contributed by atoms with E-state index in [9.17, 15) is 14.7 Å². The zero-order valence-corrected chi connectivity index (χ0v) is 14.7. The third-order valence-electron chi connectivity index (χ3n) is 4.16. The van der Waals surface area contributed by atoms with Crippen molar-refractivity contribution in [2.75, 3.05) is 4.90 Å². The first kappa shape index (κ1) is 15.5. The fourth-order valence-electron chi connectivity index (χ4n) is 2.85. The Labute approximate surface area is 149 Å². The third kappa shape index (κ3) is 2.46. The molecule has 8 heteroatoms. The second-order valence-electron chi connectivity index (χ2n) is 5.75. The Bertz CT molecular complexity index is 844. The molecule has 0 spiro atoms. The average molecular weight is 406 g/mol. The molecule has 2 aliphatic rings. The average Bonchev–Trinajstić information content (AvgIpc) is 3.23. The van der Waals surface area contributed by atoms with E-state index in [0.717, 1.165) is 22.9 Å². The Morgan fingerprint density at radius 2 is 2.00 bits per heavy atom. The fourth-order valence-corrected chi connectivity index (χ4v) is 3.70. The van der Waals surface area contributed by atoms with Gasteiger partial charge in [0.25, 0.3) is 5.91 Å². The highest BCUT2D eigenvalue weighted by Gasteiger charge is 2.48. The zero-order chi connectivity index (χ0) is 16.8. The number of aliphatic hydroxyl groups is 1. The Balaban J connectivity index is 1.85. The van der Waals surface area contributed by atoms with Crippen molar-refractivity contribution in [3.63, 3.8) is 0 Å². The van der Waals surface area contributed by atoms with Crippen LogP contribution in [0.2, 0.25) is 0 Å². The molecule has 2 heterocycles. The van der Waals surface area contributed by atoms with Crippen LogP contribution in [-0.4, -0.2) is 27.0 Å². The Hall–Kier alpha value is -2.06. The van der Waals surface area contributed by atoms with E-state index in [4.69, 9.17) is 0 Å². The fraction of sp³-hybridized carbons (Fsp3) is 0.250. The summed E-state index contributed by atoms with van der Waals surface area (Å²) in [6.45, 7) is 0. The van der Waals surface area contributed by atoms with Crippen LogP contribution in [0, 0.1) is 5.92 Å². The molecule has 1 fully saturated rings. The van der Waals surface area contributed by atoms with Crippen LogP contribution >= 0.6 is 27.3 Å². The number of aromatic nitrogens is 2. The number of halogens is 1. The van der Waals surface area contributed by atoms with E-state index in [1.54, 1.807) is 0 Å². The van der Waals surface area contributed by atoms with Crippen molar-refractivity contribution >= 4 is 44.1 Å². The summed E-state index contributed by atoms with van der Waals surface area (Å²) < 4.78 is 0.890. The number of nitrogens with zero attached hydrogens (tertiary/aromatic N) is 3. The molecule has 1 amide bonds. The SMILES string of the molecule is O=C(C1=C(O)C(=O)N(c2nncs2)C1c1ccc(Br)cc1)C1CC1. The quantitative estimate of drug-likeness (QED) is 0.844.